The van der Waals surface area contributed by atoms with Crippen molar-refractivity contribution in [2.24, 2.45) is 0 Å². The molecule has 0 aromatic heterocycles. The van der Waals surface area contributed by atoms with Crippen molar-refractivity contribution in [2.75, 3.05) is 31.7 Å². The molecule has 0 saturated heterocycles. The maximum atomic E-state index is 11.9. The smallest absolute Gasteiger partial charge is 0.338 e. The molecular formula is C19H20BrNO5. The molecule has 0 heterocycles. The molecule has 2 rings (SSSR count). The van der Waals surface area contributed by atoms with Crippen LogP contribution in [0.1, 0.15) is 17.3 Å². The van der Waals surface area contributed by atoms with Crippen molar-refractivity contribution in [3.05, 3.63) is 58.6 Å². The van der Waals surface area contributed by atoms with E-state index in [1.165, 1.54) is 0 Å². The van der Waals surface area contributed by atoms with E-state index < -0.39 is 5.97 Å². The van der Waals surface area contributed by atoms with Crippen LogP contribution in [-0.4, -0.2) is 38.3 Å². The molecule has 0 aliphatic carbocycles. The van der Waals surface area contributed by atoms with Crippen LogP contribution in [0, 0.1) is 0 Å². The first kappa shape index (κ1) is 19.9. The third-order valence-corrected chi connectivity index (χ3v) is 3.78. The summed E-state index contributed by atoms with van der Waals surface area (Å²) in [5.41, 5.74) is 0.978. The maximum Gasteiger partial charge on any atom is 0.338 e. The fraction of sp³-hybridized carbons (Fsp3) is 0.263. The van der Waals surface area contributed by atoms with E-state index >= 15 is 0 Å². The average Bonchev–Trinajstić information content (AvgIpc) is 2.65. The van der Waals surface area contributed by atoms with Gasteiger partial charge in [-0.3, -0.25) is 4.79 Å². The largest absolute Gasteiger partial charge is 0.484 e. The fourth-order valence-electron chi connectivity index (χ4n) is 1.99. The molecule has 2 aromatic rings. The van der Waals surface area contributed by atoms with Crippen LogP contribution in [-0.2, 0) is 14.3 Å². The number of carbonyl (C=O) groups is 2. The van der Waals surface area contributed by atoms with Gasteiger partial charge in [0.05, 0.1) is 12.2 Å². The molecule has 26 heavy (non-hydrogen) atoms. The number of amides is 1. The van der Waals surface area contributed by atoms with Gasteiger partial charge in [-0.15, -0.1) is 0 Å². The Balaban J connectivity index is 1.77. The Morgan fingerprint density at radius 3 is 2.35 bits per heavy atom. The highest BCUT2D eigenvalue weighted by molar-refractivity contribution is 9.10. The Morgan fingerprint density at radius 2 is 1.69 bits per heavy atom. The molecule has 0 aliphatic rings. The second kappa shape index (κ2) is 10.6. The van der Waals surface area contributed by atoms with Gasteiger partial charge < -0.3 is 19.5 Å². The minimum Gasteiger partial charge on any atom is -0.484 e. The summed E-state index contributed by atoms with van der Waals surface area (Å²) in [5.74, 6) is -0.116. The highest BCUT2D eigenvalue weighted by Crippen LogP contribution is 2.16. The van der Waals surface area contributed by atoms with Gasteiger partial charge in [0.1, 0.15) is 12.4 Å². The van der Waals surface area contributed by atoms with Crippen molar-refractivity contribution in [2.45, 2.75) is 6.92 Å². The molecular weight excluding hydrogens is 402 g/mol. The lowest BCUT2D eigenvalue weighted by Crippen LogP contribution is -2.20. The van der Waals surface area contributed by atoms with Gasteiger partial charge in [0.15, 0.2) is 6.61 Å². The second-order valence-electron chi connectivity index (χ2n) is 5.20. The Kier molecular flexibility index (Phi) is 8.11. The van der Waals surface area contributed by atoms with Crippen LogP contribution in [0.5, 0.6) is 5.75 Å². The van der Waals surface area contributed by atoms with E-state index in [4.69, 9.17) is 14.2 Å². The van der Waals surface area contributed by atoms with Crippen molar-refractivity contribution in [3.8, 4) is 5.75 Å². The average molecular weight is 422 g/mol. The number of halogens is 1. The lowest BCUT2D eigenvalue weighted by molar-refractivity contribution is -0.118. The van der Waals surface area contributed by atoms with E-state index in [-0.39, 0.29) is 19.1 Å². The molecule has 0 saturated carbocycles. The van der Waals surface area contributed by atoms with Crippen LogP contribution in [0.25, 0.3) is 0 Å². The van der Waals surface area contributed by atoms with Crippen LogP contribution < -0.4 is 10.1 Å². The normalized spacial score (nSPS) is 10.2. The quantitative estimate of drug-likeness (QED) is 0.493. The zero-order chi connectivity index (χ0) is 18.8. The highest BCUT2D eigenvalue weighted by atomic mass is 79.9. The third kappa shape index (κ3) is 6.85. The minimum absolute atomic E-state index is 0.108. The zero-order valence-corrected chi connectivity index (χ0v) is 16.0. The predicted molar refractivity (Wildman–Crippen MR) is 101 cm³/mol. The van der Waals surface area contributed by atoms with Gasteiger partial charge in [-0.2, -0.15) is 0 Å². The van der Waals surface area contributed by atoms with E-state index in [9.17, 15) is 9.59 Å². The molecule has 6 nitrogen and oxygen atoms in total. The fourth-order valence-corrected chi connectivity index (χ4v) is 2.25. The number of hydrogen-bond acceptors (Lipinski definition) is 5. The SMILES string of the molecule is CCOCCOC(=O)c1ccc(NC(=O)COc2ccc(Br)cc2)cc1. The lowest BCUT2D eigenvalue weighted by Gasteiger charge is -2.08. The van der Waals surface area contributed by atoms with E-state index in [0.717, 1.165) is 4.47 Å². The number of esters is 1. The molecule has 0 radical (unpaired) electrons. The van der Waals surface area contributed by atoms with Gasteiger partial charge >= 0.3 is 5.97 Å². The number of anilines is 1. The van der Waals surface area contributed by atoms with E-state index in [1.807, 2.05) is 19.1 Å². The molecule has 2 aromatic carbocycles. The first-order valence-corrected chi connectivity index (χ1v) is 8.91. The number of nitrogens with one attached hydrogen (secondary N) is 1. The van der Waals surface area contributed by atoms with Gasteiger partial charge in [0.25, 0.3) is 5.91 Å². The Hall–Kier alpha value is -2.38. The van der Waals surface area contributed by atoms with Crippen LogP contribution >= 0.6 is 15.9 Å². The Morgan fingerprint density at radius 1 is 1.00 bits per heavy atom. The number of benzene rings is 2. The molecule has 0 atom stereocenters. The van der Waals surface area contributed by atoms with Gasteiger partial charge in [0.2, 0.25) is 0 Å². The standard InChI is InChI=1S/C19H20BrNO5/c1-2-24-11-12-25-19(23)14-3-7-16(8-4-14)21-18(22)13-26-17-9-5-15(20)6-10-17/h3-10H,2,11-13H2,1H3,(H,21,22). The minimum atomic E-state index is -0.429. The molecule has 138 valence electrons. The summed E-state index contributed by atoms with van der Waals surface area (Å²) < 4.78 is 16.5. The maximum absolute atomic E-state index is 11.9. The van der Waals surface area contributed by atoms with Crippen LogP contribution in [0.3, 0.4) is 0 Å². The summed E-state index contributed by atoms with van der Waals surface area (Å²) >= 11 is 3.33. The molecule has 1 N–H and O–H groups in total. The predicted octanol–water partition coefficient (Wildman–Crippen LogP) is 3.66. The zero-order valence-electron chi connectivity index (χ0n) is 14.4. The van der Waals surface area contributed by atoms with E-state index in [0.29, 0.717) is 30.2 Å². The van der Waals surface area contributed by atoms with Gasteiger partial charge in [0, 0.05) is 16.8 Å². The number of rotatable bonds is 9. The van der Waals surface area contributed by atoms with Crippen molar-refractivity contribution < 1.29 is 23.8 Å². The summed E-state index contributed by atoms with van der Waals surface area (Å²) in [5, 5.41) is 2.70. The molecule has 0 aliphatic heterocycles. The van der Waals surface area contributed by atoms with Crippen molar-refractivity contribution in [3.63, 3.8) is 0 Å². The summed E-state index contributed by atoms with van der Waals surface area (Å²) in [7, 11) is 0. The first-order chi connectivity index (χ1) is 12.6. The molecule has 0 spiro atoms. The van der Waals surface area contributed by atoms with Crippen molar-refractivity contribution in [1.82, 2.24) is 0 Å². The Labute approximate surface area is 160 Å². The summed E-state index contributed by atoms with van der Waals surface area (Å²) in [4.78, 5) is 23.8. The lowest BCUT2D eigenvalue weighted by atomic mass is 10.2. The summed E-state index contributed by atoms with van der Waals surface area (Å²) in [6, 6.07) is 13.7. The van der Waals surface area contributed by atoms with Crippen molar-refractivity contribution in [1.29, 1.82) is 0 Å². The van der Waals surface area contributed by atoms with E-state index in [2.05, 4.69) is 21.2 Å². The van der Waals surface area contributed by atoms with Crippen LogP contribution in [0.2, 0.25) is 0 Å². The number of hydrogen-bond donors (Lipinski definition) is 1. The Bertz CT molecular complexity index is 716. The molecule has 1 amide bonds. The van der Waals surface area contributed by atoms with Gasteiger partial charge in [-0.05, 0) is 55.5 Å². The summed E-state index contributed by atoms with van der Waals surface area (Å²) in [6.07, 6.45) is 0. The van der Waals surface area contributed by atoms with E-state index in [1.54, 1.807) is 36.4 Å². The summed E-state index contributed by atoms with van der Waals surface area (Å²) in [6.45, 7) is 2.92. The molecule has 7 heteroatoms. The molecule has 0 unspecified atom stereocenters. The monoisotopic (exact) mass is 421 g/mol. The molecule has 0 bridgehead atoms. The number of ether oxygens (including phenoxy) is 3. The molecule has 0 fully saturated rings. The first-order valence-electron chi connectivity index (χ1n) is 8.11. The third-order valence-electron chi connectivity index (χ3n) is 3.25. The highest BCUT2D eigenvalue weighted by Gasteiger charge is 2.08. The topological polar surface area (TPSA) is 73.9 Å². The van der Waals surface area contributed by atoms with Gasteiger partial charge in [-0.25, -0.2) is 4.79 Å². The number of carbonyl (C=O) groups excluding carboxylic acids is 2. The second-order valence-corrected chi connectivity index (χ2v) is 6.12. The van der Waals surface area contributed by atoms with Crippen molar-refractivity contribution >= 4 is 33.5 Å². The van der Waals surface area contributed by atoms with Crippen LogP contribution in [0.15, 0.2) is 53.0 Å². The van der Waals surface area contributed by atoms with Gasteiger partial charge in [-0.1, -0.05) is 15.9 Å². The van der Waals surface area contributed by atoms with Crippen LogP contribution in [0.4, 0.5) is 5.69 Å².